The Kier molecular flexibility index (Phi) is 5.12. The first kappa shape index (κ1) is 17.5. The topological polar surface area (TPSA) is 68.3 Å². The van der Waals surface area contributed by atoms with Crippen LogP contribution in [0.5, 0.6) is 0 Å². The smallest absolute Gasteiger partial charge is 0.348 e. The highest BCUT2D eigenvalue weighted by atomic mass is 35.5. The number of carbonyl (C=O) groups excluding carboxylic acids is 2. The summed E-state index contributed by atoms with van der Waals surface area (Å²) in [5.41, 5.74) is 1.22. The van der Waals surface area contributed by atoms with Crippen molar-refractivity contribution in [1.29, 1.82) is 0 Å². The fraction of sp³-hybridized carbons (Fsp3) is 0.0625. The Morgan fingerprint density at radius 2 is 2.00 bits per heavy atom. The molecule has 0 atom stereocenters. The molecular formula is C16H10ClFN2O3S2. The lowest BCUT2D eigenvalue weighted by atomic mass is 10.2. The summed E-state index contributed by atoms with van der Waals surface area (Å²) < 4.78 is 17.8. The Balaban J connectivity index is 1.74. The van der Waals surface area contributed by atoms with Gasteiger partial charge in [-0.1, -0.05) is 11.6 Å². The summed E-state index contributed by atoms with van der Waals surface area (Å²) in [7, 11) is 1.28. The standard InChI is InChI=1S/C16H10ClFN2O3S2/c1-23-15(22)13-5-4-12(25-13)14(21)20-16-19-11(7-24-16)8-2-3-10(18)9(17)6-8/h2-7H,1H3,(H,19,20,21). The summed E-state index contributed by atoms with van der Waals surface area (Å²) >= 11 is 8.03. The number of thiazole rings is 1. The molecule has 0 fully saturated rings. The van der Waals surface area contributed by atoms with Gasteiger partial charge in [0.05, 0.1) is 22.7 Å². The van der Waals surface area contributed by atoms with Gasteiger partial charge in [-0.15, -0.1) is 22.7 Å². The van der Waals surface area contributed by atoms with Gasteiger partial charge >= 0.3 is 5.97 Å². The summed E-state index contributed by atoms with van der Waals surface area (Å²) in [6.45, 7) is 0. The molecular weight excluding hydrogens is 387 g/mol. The molecule has 0 aliphatic carbocycles. The van der Waals surface area contributed by atoms with Crippen molar-refractivity contribution in [3.63, 3.8) is 0 Å². The van der Waals surface area contributed by atoms with E-state index in [1.54, 1.807) is 17.5 Å². The van der Waals surface area contributed by atoms with E-state index >= 15 is 0 Å². The van der Waals surface area contributed by atoms with Gasteiger partial charge in [-0.2, -0.15) is 0 Å². The number of aromatic nitrogens is 1. The Morgan fingerprint density at radius 3 is 2.72 bits per heavy atom. The number of hydrogen-bond acceptors (Lipinski definition) is 6. The van der Waals surface area contributed by atoms with Crippen molar-refractivity contribution in [1.82, 2.24) is 4.98 Å². The van der Waals surface area contributed by atoms with Crippen LogP contribution >= 0.6 is 34.3 Å². The van der Waals surface area contributed by atoms with Gasteiger partial charge < -0.3 is 4.74 Å². The molecule has 128 valence electrons. The lowest BCUT2D eigenvalue weighted by molar-refractivity contribution is 0.0606. The minimum atomic E-state index is -0.506. The van der Waals surface area contributed by atoms with Crippen LogP contribution in [-0.2, 0) is 4.74 Å². The van der Waals surface area contributed by atoms with Crippen LogP contribution in [0.2, 0.25) is 5.02 Å². The maximum absolute atomic E-state index is 13.2. The molecule has 9 heteroatoms. The maximum Gasteiger partial charge on any atom is 0.348 e. The molecule has 0 aliphatic rings. The van der Waals surface area contributed by atoms with Crippen LogP contribution in [0, 0.1) is 5.82 Å². The van der Waals surface area contributed by atoms with Crippen molar-refractivity contribution >= 4 is 51.3 Å². The van der Waals surface area contributed by atoms with Crippen LogP contribution in [-0.4, -0.2) is 24.0 Å². The highest BCUT2D eigenvalue weighted by molar-refractivity contribution is 7.16. The fourth-order valence-corrected chi connectivity index (χ4v) is 3.66. The number of nitrogens with zero attached hydrogens (tertiary/aromatic N) is 1. The molecule has 0 bridgehead atoms. The SMILES string of the molecule is COC(=O)c1ccc(C(=O)Nc2nc(-c3ccc(F)c(Cl)c3)cs2)s1. The zero-order valence-electron chi connectivity index (χ0n) is 12.7. The molecule has 5 nitrogen and oxygen atoms in total. The van der Waals surface area contributed by atoms with E-state index in [-0.39, 0.29) is 10.9 Å². The number of hydrogen-bond donors (Lipinski definition) is 1. The molecule has 1 aromatic carbocycles. The van der Waals surface area contributed by atoms with Crippen molar-refractivity contribution in [2.45, 2.75) is 0 Å². The monoisotopic (exact) mass is 396 g/mol. The lowest BCUT2D eigenvalue weighted by Crippen LogP contribution is -2.09. The van der Waals surface area contributed by atoms with Gasteiger partial charge in [0.2, 0.25) is 0 Å². The van der Waals surface area contributed by atoms with Crippen LogP contribution in [0.25, 0.3) is 11.3 Å². The van der Waals surface area contributed by atoms with Gasteiger partial charge in [0.15, 0.2) is 5.13 Å². The van der Waals surface area contributed by atoms with Crippen LogP contribution < -0.4 is 5.32 Å². The molecule has 0 saturated carbocycles. The first-order valence-electron chi connectivity index (χ1n) is 6.88. The quantitative estimate of drug-likeness (QED) is 0.649. The molecule has 0 spiro atoms. The minimum Gasteiger partial charge on any atom is -0.465 e. The van der Waals surface area contributed by atoms with E-state index in [0.29, 0.717) is 26.1 Å². The zero-order chi connectivity index (χ0) is 18.0. The van der Waals surface area contributed by atoms with E-state index < -0.39 is 11.8 Å². The van der Waals surface area contributed by atoms with Crippen LogP contribution in [0.1, 0.15) is 19.3 Å². The van der Waals surface area contributed by atoms with E-state index in [4.69, 9.17) is 11.6 Å². The average molecular weight is 397 g/mol. The number of halogens is 2. The number of nitrogens with one attached hydrogen (secondary N) is 1. The van der Waals surface area contributed by atoms with Crippen molar-refractivity contribution in [2.75, 3.05) is 12.4 Å². The normalized spacial score (nSPS) is 10.5. The fourth-order valence-electron chi connectivity index (χ4n) is 1.95. The number of esters is 1. The third-order valence-corrected chi connectivity index (χ3v) is 5.27. The average Bonchev–Trinajstić information content (AvgIpc) is 3.26. The number of rotatable bonds is 4. The predicted octanol–water partition coefficient (Wildman–Crippen LogP) is 4.70. The number of amides is 1. The molecule has 2 heterocycles. The van der Waals surface area contributed by atoms with Crippen LogP contribution in [0.15, 0.2) is 35.7 Å². The number of anilines is 1. The third kappa shape index (κ3) is 3.87. The van der Waals surface area contributed by atoms with Gasteiger partial charge in [-0.05, 0) is 30.3 Å². The predicted molar refractivity (Wildman–Crippen MR) is 96.1 cm³/mol. The van der Waals surface area contributed by atoms with Crippen LogP contribution in [0.4, 0.5) is 9.52 Å². The van der Waals surface area contributed by atoms with Gasteiger partial charge in [0, 0.05) is 10.9 Å². The van der Waals surface area contributed by atoms with Crippen LogP contribution in [0.3, 0.4) is 0 Å². The Bertz CT molecular complexity index is 955. The third-order valence-electron chi connectivity index (χ3n) is 3.16. The minimum absolute atomic E-state index is 0.00464. The van der Waals surface area contributed by atoms with Crippen molar-refractivity contribution < 1.29 is 18.7 Å². The summed E-state index contributed by atoms with van der Waals surface area (Å²) in [5, 5.41) is 4.78. The molecule has 3 rings (SSSR count). The summed E-state index contributed by atoms with van der Waals surface area (Å²) in [6, 6.07) is 7.36. The van der Waals surface area contributed by atoms with Gasteiger partial charge in [-0.3, -0.25) is 10.1 Å². The first-order valence-corrected chi connectivity index (χ1v) is 8.96. The van der Waals surface area contributed by atoms with E-state index in [1.807, 2.05) is 0 Å². The zero-order valence-corrected chi connectivity index (χ0v) is 15.1. The number of thiophene rings is 1. The maximum atomic E-state index is 13.2. The molecule has 0 aliphatic heterocycles. The molecule has 1 N–H and O–H groups in total. The molecule has 0 saturated heterocycles. The van der Waals surface area contributed by atoms with E-state index in [2.05, 4.69) is 15.0 Å². The summed E-state index contributed by atoms with van der Waals surface area (Å²) in [4.78, 5) is 28.7. The second kappa shape index (κ2) is 7.30. The number of methoxy groups -OCH3 is 1. The molecule has 25 heavy (non-hydrogen) atoms. The largest absolute Gasteiger partial charge is 0.465 e. The highest BCUT2D eigenvalue weighted by Gasteiger charge is 2.16. The number of carbonyl (C=O) groups is 2. The molecule has 3 aromatic rings. The Labute approximate surface area is 155 Å². The Morgan fingerprint density at radius 1 is 1.24 bits per heavy atom. The second-order valence-corrected chi connectivity index (χ2v) is 7.13. The van der Waals surface area contributed by atoms with E-state index in [9.17, 15) is 14.0 Å². The second-order valence-electron chi connectivity index (χ2n) is 4.78. The molecule has 0 unspecified atom stereocenters. The van der Waals surface area contributed by atoms with E-state index in [1.165, 1.54) is 36.6 Å². The lowest BCUT2D eigenvalue weighted by Gasteiger charge is -2.00. The Hall–Kier alpha value is -2.29. The van der Waals surface area contributed by atoms with Gasteiger partial charge in [0.25, 0.3) is 5.91 Å². The van der Waals surface area contributed by atoms with Crippen molar-refractivity contribution in [2.24, 2.45) is 0 Å². The van der Waals surface area contributed by atoms with Gasteiger partial charge in [-0.25, -0.2) is 14.2 Å². The number of ether oxygens (including phenoxy) is 1. The molecule has 1 amide bonds. The first-order chi connectivity index (χ1) is 12.0. The highest BCUT2D eigenvalue weighted by Crippen LogP contribution is 2.28. The summed E-state index contributed by atoms with van der Waals surface area (Å²) in [6.07, 6.45) is 0. The van der Waals surface area contributed by atoms with Crippen molar-refractivity contribution in [3.05, 3.63) is 56.3 Å². The summed E-state index contributed by atoms with van der Waals surface area (Å²) in [5.74, 6) is -1.37. The van der Waals surface area contributed by atoms with E-state index in [0.717, 1.165) is 11.3 Å². The van der Waals surface area contributed by atoms with Crippen molar-refractivity contribution in [3.8, 4) is 11.3 Å². The number of benzene rings is 1. The molecule has 2 aromatic heterocycles. The molecule has 0 radical (unpaired) electrons. The van der Waals surface area contributed by atoms with Gasteiger partial charge in [0.1, 0.15) is 10.7 Å².